The maximum absolute atomic E-state index is 9.71. The molecule has 0 aliphatic carbocycles. The molecule has 0 aromatic carbocycles. The van der Waals surface area contributed by atoms with Crippen molar-refractivity contribution in [3.63, 3.8) is 0 Å². The summed E-state index contributed by atoms with van der Waals surface area (Å²) in [5.74, 6) is 1.08. The van der Waals surface area contributed by atoms with Crippen molar-refractivity contribution in [2.75, 3.05) is 39.3 Å². The predicted octanol–water partition coefficient (Wildman–Crippen LogP) is 1.46. The second-order valence-corrected chi connectivity index (χ2v) is 6.57. The molecule has 0 bridgehead atoms. The summed E-state index contributed by atoms with van der Waals surface area (Å²) in [7, 11) is 0. The van der Waals surface area contributed by atoms with Crippen molar-refractivity contribution in [1.82, 2.24) is 15.1 Å². The molecular formula is C17H29N3O2. The highest BCUT2D eigenvalue weighted by molar-refractivity contribution is 5.07. The van der Waals surface area contributed by atoms with Crippen LogP contribution in [-0.4, -0.2) is 66.3 Å². The van der Waals surface area contributed by atoms with Crippen molar-refractivity contribution in [2.45, 2.75) is 44.4 Å². The van der Waals surface area contributed by atoms with E-state index in [1.54, 1.807) is 6.26 Å². The van der Waals surface area contributed by atoms with Crippen molar-refractivity contribution >= 4 is 0 Å². The molecule has 2 fully saturated rings. The van der Waals surface area contributed by atoms with E-state index in [-0.39, 0.29) is 6.10 Å². The maximum atomic E-state index is 9.71. The highest BCUT2D eigenvalue weighted by atomic mass is 16.3. The zero-order chi connectivity index (χ0) is 15.4. The highest BCUT2D eigenvalue weighted by Crippen LogP contribution is 2.27. The molecule has 2 aliphatic heterocycles. The minimum atomic E-state index is -0.110. The van der Waals surface area contributed by atoms with Crippen LogP contribution in [0.2, 0.25) is 0 Å². The molecular weight excluding hydrogens is 278 g/mol. The number of aliphatic hydroxyl groups is 1. The van der Waals surface area contributed by atoms with Gasteiger partial charge < -0.3 is 19.7 Å². The number of hydrogen-bond donors (Lipinski definition) is 2. The van der Waals surface area contributed by atoms with Crippen LogP contribution >= 0.6 is 0 Å². The lowest BCUT2D eigenvalue weighted by molar-refractivity contribution is 0.0349. The van der Waals surface area contributed by atoms with Gasteiger partial charge in [-0.3, -0.25) is 4.90 Å². The van der Waals surface area contributed by atoms with Crippen LogP contribution < -0.4 is 5.32 Å². The van der Waals surface area contributed by atoms with E-state index >= 15 is 0 Å². The van der Waals surface area contributed by atoms with Gasteiger partial charge in [0.15, 0.2) is 0 Å². The Bertz CT molecular complexity index is 429. The zero-order valence-electron chi connectivity index (χ0n) is 13.6. The number of likely N-dealkylation sites (tertiary alicyclic amines) is 1. The third kappa shape index (κ3) is 3.71. The molecule has 2 aliphatic rings. The van der Waals surface area contributed by atoms with Crippen molar-refractivity contribution in [3.8, 4) is 0 Å². The second-order valence-electron chi connectivity index (χ2n) is 6.57. The predicted molar refractivity (Wildman–Crippen MR) is 86.8 cm³/mol. The number of nitrogens with one attached hydrogen (secondary N) is 1. The minimum Gasteiger partial charge on any atom is -0.468 e. The first-order valence-electron chi connectivity index (χ1n) is 8.68. The SMILES string of the molecule is CCC1CNCCN1C(CN1CCC(O)CC1)c1ccco1. The Kier molecular flexibility index (Phi) is 5.52. The van der Waals surface area contributed by atoms with Crippen LogP contribution in [0, 0.1) is 0 Å². The lowest BCUT2D eigenvalue weighted by atomic mass is 10.0. The maximum Gasteiger partial charge on any atom is 0.122 e. The van der Waals surface area contributed by atoms with Gasteiger partial charge in [-0.1, -0.05) is 6.92 Å². The molecule has 1 aromatic heterocycles. The van der Waals surface area contributed by atoms with Crippen LogP contribution in [0.3, 0.4) is 0 Å². The largest absolute Gasteiger partial charge is 0.468 e. The molecule has 0 amide bonds. The van der Waals surface area contributed by atoms with Crippen molar-refractivity contribution in [1.29, 1.82) is 0 Å². The fraction of sp³-hybridized carbons (Fsp3) is 0.765. The number of hydrogen-bond acceptors (Lipinski definition) is 5. The van der Waals surface area contributed by atoms with Crippen LogP contribution in [-0.2, 0) is 0 Å². The summed E-state index contributed by atoms with van der Waals surface area (Å²) in [5, 5.41) is 13.2. The molecule has 1 aromatic rings. The fourth-order valence-corrected chi connectivity index (χ4v) is 3.75. The van der Waals surface area contributed by atoms with Gasteiger partial charge in [0, 0.05) is 45.3 Å². The normalized spacial score (nSPS) is 27.1. The van der Waals surface area contributed by atoms with E-state index in [4.69, 9.17) is 4.42 Å². The first-order chi connectivity index (χ1) is 10.8. The van der Waals surface area contributed by atoms with Gasteiger partial charge in [-0.15, -0.1) is 0 Å². The van der Waals surface area contributed by atoms with Crippen LogP contribution in [0.4, 0.5) is 0 Å². The molecule has 0 spiro atoms. The van der Waals surface area contributed by atoms with E-state index in [1.165, 1.54) is 0 Å². The number of nitrogens with zero attached hydrogens (tertiary/aromatic N) is 2. The molecule has 124 valence electrons. The van der Waals surface area contributed by atoms with E-state index in [2.05, 4.69) is 28.1 Å². The lowest BCUT2D eigenvalue weighted by Gasteiger charge is -2.43. The summed E-state index contributed by atoms with van der Waals surface area (Å²) < 4.78 is 5.77. The molecule has 22 heavy (non-hydrogen) atoms. The average molecular weight is 307 g/mol. The number of aliphatic hydroxyl groups excluding tert-OH is 1. The monoisotopic (exact) mass is 307 g/mol. The van der Waals surface area contributed by atoms with Gasteiger partial charge in [0.05, 0.1) is 18.4 Å². The van der Waals surface area contributed by atoms with Crippen LogP contribution in [0.1, 0.15) is 38.0 Å². The Labute approximate surface area is 133 Å². The average Bonchev–Trinajstić information content (AvgIpc) is 3.08. The topological polar surface area (TPSA) is 51.9 Å². The molecule has 3 rings (SSSR count). The third-order valence-electron chi connectivity index (χ3n) is 5.13. The molecule has 0 saturated carbocycles. The van der Waals surface area contributed by atoms with E-state index < -0.39 is 0 Å². The molecule has 2 saturated heterocycles. The quantitative estimate of drug-likeness (QED) is 0.862. The third-order valence-corrected chi connectivity index (χ3v) is 5.13. The number of furan rings is 1. The minimum absolute atomic E-state index is 0.110. The van der Waals surface area contributed by atoms with Gasteiger partial charge >= 0.3 is 0 Å². The number of piperazine rings is 1. The molecule has 0 radical (unpaired) electrons. The fourth-order valence-electron chi connectivity index (χ4n) is 3.75. The Morgan fingerprint density at radius 2 is 2.18 bits per heavy atom. The van der Waals surface area contributed by atoms with Crippen molar-refractivity contribution < 1.29 is 9.52 Å². The molecule has 5 nitrogen and oxygen atoms in total. The molecule has 2 atom stereocenters. The Morgan fingerprint density at radius 1 is 1.36 bits per heavy atom. The second kappa shape index (κ2) is 7.59. The van der Waals surface area contributed by atoms with E-state index in [0.717, 1.165) is 64.3 Å². The van der Waals surface area contributed by atoms with Gasteiger partial charge in [0.25, 0.3) is 0 Å². The van der Waals surface area contributed by atoms with Gasteiger partial charge in [0.1, 0.15) is 5.76 Å². The smallest absolute Gasteiger partial charge is 0.122 e. The van der Waals surface area contributed by atoms with E-state index in [0.29, 0.717) is 12.1 Å². The summed E-state index contributed by atoms with van der Waals surface area (Å²) in [4.78, 5) is 5.09. The highest BCUT2D eigenvalue weighted by Gasteiger charge is 2.32. The van der Waals surface area contributed by atoms with Crippen LogP contribution in [0.15, 0.2) is 22.8 Å². The molecule has 5 heteroatoms. The summed E-state index contributed by atoms with van der Waals surface area (Å²) in [6, 6.07) is 4.99. The summed E-state index contributed by atoms with van der Waals surface area (Å²) in [5.41, 5.74) is 0. The van der Waals surface area contributed by atoms with Gasteiger partial charge in [-0.25, -0.2) is 0 Å². The molecule has 3 heterocycles. The van der Waals surface area contributed by atoms with Gasteiger partial charge in [0.2, 0.25) is 0 Å². The van der Waals surface area contributed by atoms with Gasteiger partial charge in [-0.2, -0.15) is 0 Å². The van der Waals surface area contributed by atoms with Crippen molar-refractivity contribution in [3.05, 3.63) is 24.2 Å². The summed E-state index contributed by atoms with van der Waals surface area (Å²) in [6.45, 7) is 8.42. The number of rotatable bonds is 5. The first-order valence-corrected chi connectivity index (χ1v) is 8.68. The van der Waals surface area contributed by atoms with E-state index in [9.17, 15) is 5.11 Å². The van der Waals surface area contributed by atoms with Gasteiger partial charge in [-0.05, 0) is 31.4 Å². The van der Waals surface area contributed by atoms with Crippen molar-refractivity contribution in [2.24, 2.45) is 0 Å². The van der Waals surface area contributed by atoms with Crippen LogP contribution in [0.5, 0.6) is 0 Å². The Balaban J connectivity index is 1.72. The number of piperidine rings is 1. The molecule has 2 N–H and O–H groups in total. The summed E-state index contributed by atoms with van der Waals surface area (Å²) >= 11 is 0. The molecule has 2 unspecified atom stereocenters. The first kappa shape index (κ1) is 16.0. The Morgan fingerprint density at radius 3 is 2.86 bits per heavy atom. The Hall–Kier alpha value is -0.880. The standard InChI is InChI=1S/C17H29N3O2/c1-2-14-12-18-7-10-20(14)16(17-4-3-11-22-17)13-19-8-5-15(21)6-9-19/h3-4,11,14-16,18,21H,2,5-10,12-13H2,1H3. The summed E-state index contributed by atoms with van der Waals surface area (Å²) in [6.07, 6.45) is 4.61. The van der Waals surface area contributed by atoms with E-state index in [1.807, 2.05) is 6.07 Å². The zero-order valence-corrected chi connectivity index (χ0v) is 13.6. The lowest BCUT2D eigenvalue weighted by Crippen LogP contribution is -2.54. The van der Waals surface area contributed by atoms with Crippen LogP contribution in [0.25, 0.3) is 0 Å².